The summed E-state index contributed by atoms with van der Waals surface area (Å²) in [6.45, 7) is 0. The van der Waals surface area contributed by atoms with E-state index in [9.17, 15) is 4.79 Å². The van der Waals surface area contributed by atoms with Crippen molar-refractivity contribution in [2.45, 2.75) is 4.90 Å². The van der Waals surface area contributed by atoms with E-state index in [-0.39, 0.29) is 5.78 Å². The molecule has 1 heterocycles. The van der Waals surface area contributed by atoms with Gasteiger partial charge in [-0.2, -0.15) is 0 Å². The number of thioether (sulfide) groups is 1. The number of allylic oxidation sites excluding steroid dienone is 7. The Hall–Kier alpha value is -2.00. The minimum atomic E-state index is 0.0459. The van der Waals surface area contributed by atoms with Crippen LogP contribution in [0.5, 0.6) is 0 Å². The van der Waals surface area contributed by atoms with Crippen molar-refractivity contribution in [2.75, 3.05) is 11.9 Å². The number of benzene rings is 1. The molecule has 1 aromatic rings. The molecule has 0 radical (unpaired) electrons. The summed E-state index contributed by atoms with van der Waals surface area (Å²) < 4.78 is 0. The standard InChI is InChI=1S/C16H13NOS/c1-17-14-4-2-3-5-15(14)19-16(17)11-8-12-6-9-13(18)10-7-12/h2-11H,1H3/b16-11+. The largest absolute Gasteiger partial charge is 0.338 e. The topological polar surface area (TPSA) is 20.3 Å². The van der Waals surface area contributed by atoms with E-state index >= 15 is 0 Å². The van der Waals surface area contributed by atoms with E-state index < -0.39 is 0 Å². The van der Waals surface area contributed by atoms with Gasteiger partial charge >= 0.3 is 0 Å². The monoisotopic (exact) mass is 267 g/mol. The fourth-order valence-electron chi connectivity index (χ4n) is 2.01. The van der Waals surface area contributed by atoms with Crippen LogP contribution in [0.1, 0.15) is 0 Å². The Morgan fingerprint density at radius 3 is 2.53 bits per heavy atom. The van der Waals surface area contributed by atoms with E-state index in [4.69, 9.17) is 0 Å². The SMILES string of the molecule is CN1/C(=C\C=C2C=CC(=O)C=C2)Sc2ccccc21. The summed E-state index contributed by atoms with van der Waals surface area (Å²) in [5.41, 5.74) is 2.28. The third-order valence-corrected chi connectivity index (χ3v) is 4.25. The average molecular weight is 267 g/mol. The zero-order chi connectivity index (χ0) is 13.2. The first kappa shape index (κ1) is 12.1. The van der Waals surface area contributed by atoms with Gasteiger partial charge < -0.3 is 4.90 Å². The van der Waals surface area contributed by atoms with Gasteiger partial charge in [0.05, 0.1) is 10.7 Å². The zero-order valence-corrected chi connectivity index (χ0v) is 11.4. The number of carbonyl (C=O) groups is 1. The molecule has 1 aromatic carbocycles. The maximum absolute atomic E-state index is 11.0. The average Bonchev–Trinajstić information content (AvgIpc) is 2.76. The molecule has 0 N–H and O–H groups in total. The quantitative estimate of drug-likeness (QED) is 0.774. The molecule has 0 bridgehead atoms. The number of carbonyl (C=O) groups excluding carboxylic acids is 1. The predicted molar refractivity (Wildman–Crippen MR) is 80.2 cm³/mol. The minimum absolute atomic E-state index is 0.0459. The molecule has 94 valence electrons. The molecule has 2 aliphatic rings. The lowest BCUT2D eigenvalue weighted by Crippen LogP contribution is -2.08. The molecule has 3 heteroatoms. The highest BCUT2D eigenvalue weighted by molar-refractivity contribution is 8.03. The molecule has 0 fully saturated rings. The first-order valence-corrected chi connectivity index (χ1v) is 6.88. The third kappa shape index (κ3) is 2.42. The lowest BCUT2D eigenvalue weighted by molar-refractivity contribution is -0.110. The molecule has 1 aliphatic heterocycles. The molecular weight excluding hydrogens is 254 g/mol. The second-order valence-corrected chi connectivity index (χ2v) is 5.43. The molecule has 0 amide bonds. The number of hydrogen-bond acceptors (Lipinski definition) is 3. The van der Waals surface area contributed by atoms with Gasteiger partial charge in [-0.1, -0.05) is 42.1 Å². The van der Waals surface area contributed by atoms with E-state index in [1.54, 1.807) is 23.9 Å². The predicted octanol–water partition coefficient (Wildman–Crippen LogP) is 3.69. The second kappa shape index (κ2) is 4.94. The molecular formula is C16H13NOS. The smallest absolute Gasteiger partial charge is 0.178 e. The van der Waals surface area contributed by atoms with Crippen molar-refractivity contribution in [3.63, 3.8) is 0 Å². The van der Waals surface area contributed by atoms with E-state index in [1.807, 2.05) is 18.2 Å². The maximum atomic E-state index is 11.0. The highest BCUT2D eigenvalue weighted by Crippen LogP contribution is 2.44. The zero-order valence-electron chi connectivity index (χ0n) is 10.5. The number of para-hydroxylation sites is 1. The van der Waals surface area contributed by atoms with E-state index in [0.717, 1.165) is 5.57 Å². The Morgan fingerprint density at radius 2 is 1.79 bits per heavy atom. The molecule has 2 nitrogen and oxygen atoms in total. The highest BCUT2D eigenvalue weighted by Gasteiger charge is 2.20. The van der Waals surface area contributed by atoms with Gasteiger partial charge in [0.1, 0.15) is 0 Å². The van der Waals surface area contributed by atoms with Gasteiger partial charge in [0, 0.05) is 11.9 Å². The van der Waals surface area contributed by atoms with E-state index in [1.165, 1.54) is 15.6 Å². The fraction of sp³-hybridized carbons (Fsp3) is 0.0625. The molecule has 19 heavy (non-hydrogen) atoms. The van der Waals surface area contributed by atoms with Crippen LogP contribution >= 0.6 is 11.8 Å². The summed E-state index contributed by atoms with van der Waals surface area (Å²) in [6, 6.07) is 8.35. The summed E-state index contributed by atoms with van der Waals surface area (Å²) in [4.78, 5) is 14.5. The maximum Gasteiger partial charge on any atom is 0.178 e. The van der Waals surface area contributed by atoms with Gasteiger partial charge in [0.15, 0.2) is 5.78 Å². The van der Waals surface area contributed by atoms with Gasteiger partial charge in [-0.15, -0.1) is 0 Å². The van der Waals surface area contributed by atoms with E-state index in [2.05, 4.69) is 42.3 Å². The fourth-order valence-corrected chi connectivity index (χ4v) is 3.07. The van der Waals surface area contributed by atoms with Crippen LogP contribution in [0.2, 0.25) is 0 Å². The van der Waals surface area contributed by atoms with Crippen molar-refractivity contribution in [2.24, 2.45) is 0 Å². The number of nitrogens with zero attached hydrogens (tertiary/aromatic N) is 1. The number of fused-ring (bicyclic) bond motifs is 1. The van der Waals surface area contributed by atoms with Crippen LogP contribution in [-0.4, -0.2) is 12.8 Å². The van der Waals surface area contributed by atoms with Gasteiger partial charge in [0.25, 0.3) is 0 Å². The number of anilines is 1. The Labute approximate surface area is 116 Å². The Kier molecular flexibility index (Phi) is 3.13. The van der Waals surface area contributed by atoms with Gasteiger partial charge in [-0.05, 0) is 35.9 Å². The van der Waals surface area contributed by atoms with Crippen molar-refractivity contribution in [1.82, 2.24) is 0 Å². The van der Waals surface area contributed by atoms with Crippen molar-refractivity contribution in [3.05, 3.63) is 71.3 Å². The molecule has 0 atom stereocenters. The Bertz CT molecular complexity index is 634. The molecule has 0 aromatic heterocycles. The Morgan fingerprint density at radius 1 is 1.05 bits per heavy atom. The van der Waals surface area contributed by atoms with Gasteiger partial charge in [-0.3, -0.25) is 4.79 Å². The number of ketones is 1. The Balaban J connectivity index is 1.84. The second-order valence-electron chi connectivity index (χ2n) is 4.37. The minimum Gasteiger partial charge on any atom is -0.338 e. The molecule has 0 saturated heterocycles. The van der Waals surface area contributed by atoms with Crippen LogP contribution in [-0.2, 0) is 4.79 Å². The summed E-state index contributed by atoms with van der Waals surface area (Å²) in [5.74, 6) is 0.0459. The lowest BCUT2D eigenvalue weighted by atomic mass is 10.1. The molecule has 1 aliphatic carbocycles. The number of rotatable bonds is 1. The van der Waals surface area contributed by atoms with Gasteiger partial charge in [-0.25, -0.2) is 0 Å². The summed E-state index contributed by atoms with van der Waals surface area (Å²) in [7, 11) is 2.07. The van der Waals surface area contributed by atoms with Crippen molar-refractivity contribution < 1.29 is 4.79 Å². The molecule has 0 unspecified atom stereocenters. The number of hydrogen-bond donors (Lipinski definition) is 0. The van der Waals surface area contributed by atoms with Crippen molar-refractivity contribution >= 4 is 23.2 Å². The molecule has 0 saturated carbocycles. The third-order valence-electron chi connectivity index (χ3n) is 3.07. The van der Waals surface area contributed by atoms with Crippen LogP contribution in [0.4, 0.5) is 5.69 Å². The lowest BCUT2D eigenvalue weighted by Gasteiger charge is -2.12. The van der Waals surface area contributed by atoms with Gasteiger partial charge in [0.2, 0.25) is 0 Å². The summed E-state index contributed by atoms with van der Waals surface area (Å²) >= 11 is 1.76. The van der Waals surface area contributed by atoms with E-state index in [0.29, 0.717) is 0 Å². The highest BCUT2D eigenvalue weighted by atomic mass is 32.2. The normalized spacial score (nSPS) is 19.2. The molecule has 3 rings (SSSR count). The van der Waals surface area contributed by atoms with Crippen LogP contribution in [0.3, 0.4) is 0 Å². The summed E-state index contributed by atoms with van der Waals surface area (Å²) in [6.07, 6.45) is 11.0. The van der Waals surface area contributed by atoms with Crippen molar-refractivity contribution in [3.8, 4) is 0 Å². The first-order valence-electron chi connectivity index (χ1n) is 6.07. The van der Waals surface area contributed by atoms with Crippen LogP contribution < -0.4 is 4.90 Å². The first-order chi connectivity index (χ1) is 9.24. The van der Waals surface area contributed by atoms with Crippen LogP contribution in [0.15, 0.2) is 76.2 Å². The van der Waals surface area contributed by atoms with Crippen LogP contribution in [0.25, 0.3) is 0 Å². The van der Waals surface area contributed by atoms with Crippen molar-refractivity contribution in [1.29, 1.82) is 0 Å². The molecule has 0 spiro atoms. The van der Waals surface area contributed by atoms with Crippen LogP contribution in [0, 0.1) is 0 Å². The summed E-state index contributed by atoms with van der Waals surface area (Å²) in [5, 5.41) is 1.19.